The van der Waals surface area contributed by atoms with E-state index in [4.69, 9.17) is 0 Å². The van der Waals surface area contributed by atoms with Gasteiger partial charge in [0.2, 0.25) is 5.91 Å². The van der Waals surface area contributed by atoms with Crippen LogP contribution >= 0.6 is 0 Å². The topological polar surface area (TPSA) is 93.0 Å². The molecule has 0 bridgehead atoms. The van der Waals surface area contributed by atoms with Gasteiger partial charge in [0, 0.05) is 6.54 Å². The van der Waals surface area contributed by atoms with Crippen LogP contribution in [0.15, 0.2) is 0 Å². The number of unbranched alkanes of at least 4 members (excludes halogenated alkanes) is 3. The molecule has 0 radical (unpaired) electrons. The molecule has 0 unspecified atom stereocenters. The Morgan fingerprint density at radius 2 is 1.76 bits per heavy atom. The zero-order valence-electron chi connectivity index (χ0n) is 13.2. The number of hydrogen-bond acceptors (Lipinski definition) is 5. The van der Waals surface area contributed by atoms with Gasteiger partial charge in [-0.25, -0.2) is 0 Å². The Morgan fingerprint density at radius 3 is 2.33 bits per heavy atom. The normalized spacial score (nSPS) is 29.8. The van der Waals surface area contributed by atoms with Crippen LogP contribution in [0.3, 0.4) is 0 Å². The van der Waals surface area contributed by atoms with Crippen LogP contribution in [0.2, 0.25) is 0 Å². The van der Waals surface area contributed by atoms with Gasteiger partial charge in [-0.2, -0.15) is 0 Å². The second kappa shape index (κ2) is 9.35. The Bertz CT molecular complexity index is 314. The number of aliphatic hydroxyl groups excluding tert-OH is 3. The first kappa shape index (κ1) is 18.4. The third-order valence-corrected chi connectivity index (χ3v) is 4.16. The van der Waals surface area contributed by atoms with E-state index in [0.717, 1.165) is 32.1 Å². The minimum atomic E-state index is -1.15. The van der Waals surface area contributed by atoms with E-state index in [1.807, 2.05) is 6.92 Å². The number of hydrogen-bond donors (Lipinski definition) is 4. The van der Waals surface area contributed by atoms with Gasteiger partial charge in [0.1, 0.15) is 12.1 Å². The fraction of sp³-hybridized carbons (Fsp3) is 0.933. The molecule has 4 N–H and O–H groups in total. The van der Waals surface area contributed by atoms with E-state index in [2.05, 4.69) is 12.2 Å². The molecular weight excluding hydrogens is 272 g/mol. The molecule has 1 heterocycles. The number of nitrogens with one attached hydrogen (secondary N) is 1. The van der Waals surface area contributed by atoms with Gasteiger partial charge >= 0.3 is 0 Å². The third-order valence-electron chi connectivity index (χ3n) is 4.16. The molecule has 0 spiro atoms. The van der Waals surface area contributed by atoms with Crippen molar-refractivity contribution in [1.82, 2.24) is 10.2 Å². The van der Waals surface area contributed by atoms with Crippen molar-refractivity contribution in [2.45, 2.75) is 70.2 Å². The minimum Gasteiger partial charge on any atom is -0.395 e. The summed E-state index contributed by atoms with van der Waals surface area (Å²) in [7, 11) is 0. The Balaban J connectivity index is 2.67. The summed E-state index contributed by atoms with van der Waals surface area (Å²) in [5.41, 5.74) is 0. The summed E-state index contributed by atoms with van der Waals surface area (Å²) in [6.07, 6.45) is 2.61. The molecule has 1 saturated heterocycles. The van der Waals surface area contributed by atoms with Crippen molar-refractivity contribution in [3.63, 3.8) is 0 Å². The highest BCUT2D eigenvalue weighted by Crippen LogP contribution is 2.26. The van der Waals surface area contributed by atoms with Gasteiger partial charge in [-0.1, -0.05) is 33.1 Å². The van der Waals surface area contributed by atoms with Crippen LogP contribution in [0.4, 0.5) is 0 Å². The van der Waals surface area contributed by atoms with E-state index in [9.17, 15) is 20.1 Å². The maximum absolute atomic E-state index is 12.3. The standard InChI is InChI=1S/C15H30N2O4/c1-3-5-7-8-16-15(21)12-14(20)13(19)11(10-18)17(12)9-6-4-2/h11-14,18-20H,3-10H2,1-2H3,(H,16,21)/t11-,12-,13-,14-/m0/s1. The predicted molar refractivity (Wildman–Crippen MR) is 80.8 cm³/mol. The van der Waals surface area contributed by atoms with Crippen LogP contribution in [0, 0.1) is 0 Å². The zero-order chi connectivity index (χ0) is 15.8. The molecule has 0 aliphatic carbocycles. The maximum atomic E-state index is 12.3. The minimum absolute atomic E-state index is 0.260. The quantitative estimate of drug-likeness (QED) is 0.445. The number of carbonyl (C=O) groups excluding carboxylic acids is 1. The first-order valence-electron chi connectivity index (χ1n) is 8.08. The molecule has 124 valence electrons. The molecule has 6 heteroatoms. The number of aliphatic hydroxyl groups is 3. The average molecular weight is 302 g/mol. The van der Waals surface area contributed by atoms with E-state index in [-0.39, 0.29) is 12.5 Å². The molecule has 1 rings (SSSR count). The van der Waals surface area contributed by atoms with Gasteiger partial charge in [0.15, 0.2) is 0 Å². The summed E-state index contributed by atoms with van der Waals surface area (Å²) < 4.78 is 0. The van der Waals surface area contributed by atoms with Crippen LogP contribution in [0.5, 0.6) is 0 Å². The van der Waals surface area contributed by atoms with Crippen molar-refractivity contribution in [2.24, 2.45) is 0 Å². The van der Waals surface area contributed by atoms with Crippen LogP contribution in [0.25, 0.3) is 0 Å². The maximum Gasteiger partial charge on any atom is 0.240 e. The highest BCUT2D eigenvalue weighted by atomic mass is 16.3. The van der Waals surface area contributed by atoms with Crippen molar-refractivity contribution < 1.29 is 20.1 Å². The molecule has 4 atom stereocenters. The highest BCUT2D eigenvalue weighted by Gasteiger charge is 2.50. The van der Waals surface area contributed by atoms with Gasteiger partial charge in [-0.15, -0.1) is 0 Å². The van der Waals surface area contributed by atoms with Crippen molar-refractivity contribution in [3.8, 4) is 0 Å². The molecule has 0 saturated carbocycles. The molecular formula is C15H30N2O4. The number of amides is 1. The molecule has 1 aliphatic rings. The number of rotatable bonds is 9. The molecule has 0 aromatic carbocycles. The Morgan fingerprint density at radius 1 is 1.10 bits per heavy atom. The lowest BCUT2D eigenvalue weighted by atomic mass is 10.1. The molecule has 1 aliphatic heterocycles. The summed E-state index contributed by atoms with van der Waals surface area (Å²) in [5.74, 6) is -0.260. The van der Waals surface area contributed by atoms with Crippen LogP contribution < -0.4 is 5.32 Å². The van der Waals surface area contributed by atoms with E-state index < -0.39 is 24.3 Å². The first-order chi connectivity index (χ1) is 10.1. The third kappa shape index (κ3) is 4.64. The van der Waals surface area contributed by atoms with Crippen molar-refractivity contribution >= 4 is 5.91 Å². The molecule has 0 aromatic rings. The van der Waals surface area contributed by atoms with Gasteiger partial charge in [-0.05, 0) is 19.4 Å². The van der Waals surface area contributed by atoms with Gasteiger partial charge in [-0.3, -0.25) is 9.69 Å². The Hall–Kier alpha value is -0.690. The lowest BCUT2D eigenvalue weighted by Crippen LogP contribution is -2.50. The zero-order valence-corrected chi connectivity index (χ0v) is 13.2. The van der Waals surface area contributed by atoms with E-state index in [1.54, 1.807) is 4.90 Å². The molecule has 1 fully saturated rings. The number of carbonyl (C=O) groups is 1. The van der Waals surface area contributed by atoms with Crippen molar-refractivity contribution in [2.75, 3.05) is 19.7 Å². The Labute approximate surface area is 127 Å². The molecule has 6 nitrogen and oxygen atoms in total. The van der Waals surface area contributed by atoms with Crippen LogP contribution in [-0.4, -0.2) is 70.1 Å². The summed E-state index contributed by atoms with van der Waals surface area (Å²) in [5, 5.41) is 32.4. The van der Waals surface area contributed by atoms with Crippen LogP contribution in [-0.2, 0) is 4.79 Å². The van der Waals surface area contributed by atoms with E-state index in [0.29, 0.717) is 13.1 Å². The second-order valence-corrected chi connectivity index (χ2v) is 5.77. The monoisotopic (exact) mass is 302 g/mol. The molecule has 1 amide bonds. The highest BCUT2D eigenvalue weighted by molar-refractivity contribution is 5.83. The molecule has 0 aromatic heterocycles. The summed E-state index contributed by atoms with van der Waals surface area (Å²) in [4.78, 5) is 14.0. The largest absolute Gasteiger partial charge is 0.395 e. The van der Waals surface area contributed by atoms with Gasteiger partial charge < -0.3 is 20.6 Å². The molecule has 21 heavy (non-hydrogen) atoms. The van der Waals surface area contributed by atoms with Crippen molar-refractivity contribution in [3.05, 3.63) is 0 Å². The number of likely N-dealkylation sites (tertiary alicyclic amines) is 1. The van der Waals surface area contributed by atoms with Crippen LogP contribution in [0.1, 0.15) is 46.0 Å². The second-order valence-electron chi connectivity index (χ2n) is 5.77. The van der Waals surface area contributed by atoms with Gasteiger partial charge in [0.05, 0.1) is 18.8 Å². The summed E-state index contributed by atoms with van der Waals surface area (Å²) in [6, 6.07) is -1.34. The van der Waals surface area contributed by atoms with Crippen molar-refractivity contribution in [1.29, 1.82) is 0 Å². The fourth-order valence-electron chi connectivity index (χ4n) is 2.87. The first-order valence-corrected chi connectivity index (χ1v) is 8.08. The smallest absolute Gasteiger partial charge is 0.240 e. The van der Waals surface area contributed by atoms with Gasteiger partial charge in [0.25, 0.3) is 0 Å². The predicted octanol–water partition coefficient (Wildman–Crippen LogP) is -0.140. The number of nitrogens with zero attached hydrogens (tertiary/aromatic N) is 1. The van der Waals surface area contributed by atoms with E-state index >= 15 is 0 Å². The SMILES string of the molecule is CCCCCNC(=O)[C@@H]1[C@H](O)[C@@H](O)[C@H](CO)N1CCCC. The summed E-state index contributed by atoms with van der Waals surface area (Å²) in [6.45, 7) is 5.04. The summed E-state index contributed by atoms with van der Waals surface area (Å²) >= 11 is 0. The van der Waals surface area contributed by atoms with E-state index in [1.165, 1.54) is 0 Å². The Kier molecular flexibility index (Phi) is 8.18. The average Bonchev–Trinajstić information content (AvgIpc) is 2.72. The fourth-order valence-corrected chi connectivity index (χ4v) is 2.87. The lowest BCUT2D eigenvalue weighted by molar-refractivity contribution is -0.129. The lowest BCUT2D eigenvalue weighted by Gasteiger charge is -2.28.